The van der Waals surface area contributed by atoms with Gasteiger partial charge in [-0.05, 0) is 24.3 Å². The normalized spacial score (nSPS) is 17.7. The molecule has 0 aliphatic carbocycles. The zero-order chi connectivity index (χ0) is 10.7. The van der Waals surface area contributed by atoms with Crippen LogP contribution in [0.2, 0.25) is 0 Å². The van der Waals surface area contributed by atoms with E-state index in [1.54, 1.807) is 17.9 Å². The lowest BCUT2D eigenvalue weighted by molar-refractivity contribution is 0.553. The smallest absolute Gasteiger partial charge is 0.168 e. The van der Waals surface area contributed by atoms with Gasteiger partial charge in [0.05, 0.1) is 17.2 Å². The summed E-state index contributed by atoms with van der Waals surface area (Å²) in [5, 5.41) is 10.9. The van der Waals surface area contributed by atoms with E-state index in [0.717, 1.165) is 0 Å². The molecule has 0 aliphatic heterocycles. The lowest BCUT2D eigenvalue weighted by Crippen LogP contribution is -2.20. The Labute approximate surface area is 90.3 Å². The fraction of sp³-hybridized carbons (Fsp3) is 0.857. The molecular formula is C7H13ClN4OS. The van der Waals surface area contributed by atoms with Crippen molar-refractivity contribution in [2.24, 2.45) is 0 Å². The molecule has 0 radical (unpaired) electrons. The maximum absolute atomic E-state index is 11.1. The summed E-state index contributed by atoms with van der Waals surface area (Å²) >= 11 is 5.87. The number of rotatable bonds is 4. The molecule has 1 aromatic heterocycles. The Hall–Kier alpha value is -0.490. The van der Waals surface area contributed by atoms with Gasteiger partial charge in [0.1, 0.15) is 0 Å². The zero-order valence-electron chi connectivity index (χ0n) is 8.35. The first-order valence-corrected chi connectivity index (χ1v) is 6.30. The third-order valence-electron chi connectivity index (χ3n) is 1.91. The van der Waals surface area contributed by atoms with Crippen molar-refractivity contribution in [1.82, 2.24) is 20.2 Å². The second kappa shape index (κ2) is 4.84. The Kier molecular flexibility index (Phi) is 4.00. The average molecular weight is 237 g/mol. The van der Waals surface area contributed by atoms with Crippen LogP contribution in [0.15, 0.2) is 0 Å². The molecule has 1 aromatic rings. The third kappa shape index (κ3) is 2.75. The molecule has 80 valence electrons. The predicted molar refractivity (Wildman–Crippen MR) is 55.6 cm³/mol. The number of nitrogens with zero attached hydrogens (tertiary/aromatic N) is 4. The molecule has 0 saturated carbocycles. The van der Waals surface area contributed by atoms with Crippen molar-refractivity contribution >= 4 is 22.4 Å². The van der Waals surface area contributed by atoms with Crippen molar-refractivity contribution in [3.05, 3.63) is 5.82 Å². The number of aromatic nitrogens is 4. The van der Waals surface area contributed by atoms with Gasteiger partial charge >= 0.3 is 0 Å². The van der Waals surface area contributed by atoms with E-state index in [-0.39, 0.29) is 10.6 Å². The monoisotopic (exact) mass is 236 g/mol. The van der Waals surface area contributed by atoms with Crippen molar-refractivity contribution in [3.8, 4) is 0 Å². The molecule has 0 saturated heterocycles. The molecule has 3 atom stereocenters. The zero-order valence-corrected chi connectivity index (χ0v) is 9.92. The molecule has 1 rings (SSSR count). The average Bonchev–Trinajstić information content (AvgIpc) is 2.52. The first kappa shape index (κ1) is 11.6. The van der Waals surface area contributed by atoms with E-state index in [1.807, 2.05) is 6.92 Å². The van der Waals surface area contributed by atoms with Gasteiger partial charge in [0.15, 0.2) is 5.82 Å². The van der Waals surface area contributed by atoms with Crippen LogP contribution in [-0.4, -0.2) is 35.9 Å². The minimum Gasteiger partial charge on any atom is -0.260 e. The number of hydrogen-bond donors (Lipinski definition) is 0. The van der Waals surface area contributed by atoms with Gasteiger partial charge in [-0.1, -0.05) is 0 Å². The molecule has 0 spiro atoms. The maximum Gasteiger partial charge on any atom is 0.168 e. The number of halogens is 1. The number of alkyl halides is 1. The molecular weight excluding hydrogens is 224 g/mol. The van der Waals surface area contributed by atoms with Gasteiger partial charge in [-0.3, -0.25) is 4.21 Å². The second-order valence-electron chi connectivity index (χ2n) is 3.14. The van der Waals surface area contributed by atoms with Crippen LogP contribution < -0.4 is 0 Å². The summed E-state index contributed by atoms with van der Waals surface area (Å²) in [6.07, 6.45) is 1.67. The Balaban J connectivity index is 2.76. The summed E-state index contributed by atoms with van der Waals surface area (Å²) in [6.45, 7) is 4.22. The quantitative estimate of drug-likeness (QED) is 0.724. The van der Waals surface area contributed by atoms with Crippen LogP contribution in [0, 0.1) is 0 Å². The summed E-state index contributed by atoms with van der Waals surface area (Å²) in [4.78, 5) is 0. The molecule has 7 heteroatoms. The van der Waals surface area contributed by atoms with Crippen LogP contribution in [0.25, 0.3) is 0 Å². The third-order valence-corrected chi connectivity index (χ3v) is 3.39. The van der Waals surface area contributed by atoms with Crippen molar-refractivity contribution in [3.63, 3.8) is 0 Å². The van der Waals surface area contributed by atoms with E-state index >= 15 is 0 Å². The molecule has 0 fully saturated rings. The lowest BCUT2D eigenvalue weighted by atomic mass is 10.4. The lowest BCUT2D eigenvalue weighted by Gasteiger charge is -2.09. The summed E-state index contributed by atoms with van der Waals surface area (Å²) < 4.78 is 12.7. The molecule has 0 aliphatic rings. The van der Waals surface area contributed by atoms with Gasteiger partial charge in [0, 0.05) is 17.1 Å². The van der Waals surface area contributed by atoms with Gasteiger partial charge in [-0.2, -0.15) is 0 Å². The summed E-state index contributed by atoms with van der Waals surface area (Å²) in [5.41, 5.74) is 0. The van der Waals surface area contributed by atoms with Crippen LogP contribution in [0.5, 0.6) is 0 Å². The van der Waals surface area contributed by atoms with Gasteiger partial charge < -0.3 is 0 Å². The summed E-state index contributed by atoms with van der Waals surface area (Å²) in [6, 6.07) is 0. The van der Waals surface area contributed by atoms with E-state index in [0.29, 0.717) is 12.4 Å². The summed E-state index contributed by atoms with van der Waals surface area (Å²) in [7, 11) is -0.876. The van der Waals surface area contributed by atoms with Gasteiger partial charge in [-0.25, -0.2) is 4.68 Å². The van der Waals surface area contributed by atoms with E-state index in [2.05, 4.69) is 15.5 Å². The Morgan fingerprint density at radius 2 is 2.21 bits per heavy atom. The Morgan fingerprint density at radius 1 is 1.57 bits per heavy atom. The molecule has 5 nitrogen and oxygen atoms in total. The standard InChI is InChI=1S/C7H13ClN4OS/c1-5(14(3)13)4-12-7(6(2)8)9-10-11-12/h5-6H,4H2,1-3H3. The molecule has 0 bridgehead atoms. The number of tetrazole rings is 1. The Bertz CT molecular complexity index is 327. The summed E-state index contributed by atoms with van der Waals surface area (Å²) in [5.74, 6) is 0.615. The topological polar surface area (TPSA) is 60.7 Å². The van der Waals surface area contributed by atoms with Gasteiger partial charge in [-0.15, -0.1) is 16.7 Å². The van der Waals surface area contributed by atoms with Crippen LogP contribution >= 0.6 is 11.6 Å². The maximum atomic E-state index is 11.1. The number of hydrogen-bond acceptors (Lipinski definition) is 4. The molecule has 0 N–H and O–H groups in total. The van der Waals surface area contributed by atoms with E-state index in [9.17, 15) is 4.21 Å². The first-order valence-electron chi connectivity index (χ1n) is 4.24. The van der Waals surface area contributed by atoms with Crippen LogP contribution in [0.1, 0.15) is 25.0 Å². The van der Waals surface area contributed by atoms with E-state index in [1.165, 1.54) is 0 Å². The minimum absolute atomic E-state index is 0.0210. The SMILES string of the molecule is CC(Cl)c1nnnn1CC(C)S(C)=O. The van der Waals surface area contributed by atoms with Crippen LogP contribution in [0.4, 0.5) is 0 Å². The highest BCUT2D eigenvalue weighted by Gasteiger charge is 2.15. The fourth-order valence-corrected chi connectivity index (χ4v) is 1.48. The Morgan fingerprint density at radius 3 is 2.71 bits per heavy atom. The van der Waals surface area contributed by atoms with Crippen LogP contribution in [0.3, 0.4) is 0 Å². The highest BCUT2D eigenvalue weighted by molar-refractivity contribution is 7.84. The van der Waals surface area contributed by atoms with Crippen LogP contribution in [-0.2, 0) is 17.3 Å². The highest BCUT2D eigenvalue weighted by Crippen LogP contribution is 2.15. The van der Waals surface area contributed by atoms with Gasteiger partial charge in [0.25, 0.3) is 0 Å². The first-order chi connectivity index (χ1) is 6.52. The largest absolute Gasteiger partial charge is 0.260 e. The van der Waals surface area contributed by atoms with E-state index in [4.69, 9.17) is 11.6 Å². The molecule has 0 amide bonds. The molecule has 1 heterocycles. The molecule has 14 heavy (non-hydrogen) atoms. The minimum atomic E-state index is -0.876. The van der Waals surface area contributed by atoms with Crippen molar-refractivity contribution in [2.45, 2.75) is 31.0 Å². The fourth-order valence-electron chi connectivity index (χ4n) is 0.975. The molecule has 3 unspecified atom stereocenters. The predicted octanol–water partition coefficient (Wildman–Crippen LogP) is 0.740. The van der Waals surface area contributed by atoms with Crippen molar-refractivity contribution in [2.75, 3.05) is 6.26 Å². The second-order valence-corrected chi connectivity index (χ2v) is 5.60. The van der Waals surface area contributed by atoms with Crippen molar-refractivity contribution < 1.29 is 4.21 Å². The van der Waals surface area contributed by atoms with E-state index < -0.39 is 10.8 Å². The highest BCUT2D eigenvalue weighted by atomic mass is 35.5. The van der Waals surface area contributed by atoms with Crippen molar-refractivity contribution in [1.29, 1.82) is 0 Å². The molecule has 0 aromatic carbocycles. The van der Waals surface area contributed by atoms with Gasteiger partial charge in [0.2, 0.25) is 0 Å².